The fourth-order valence-corrected chi connectivity index (χ4v) is 9.30. The molecule has 2 aromatic carbocycles. The van der Waals surface area contributed by atoms with Crippen molar-refractivity contribution in [2.24, 2.45) is 22.7 Å². The Kier molecular flexibility index (Phi) is 9.36. The monoisotopic (exact) mass is 735 g/mol. The van der Waals surface area contributed by atoms with Crippen molar-refractivity contribution in [3.63, 3.8) is 0 Å². The Balaban J connectivity index is 1.50. The fraction of sp³-hybridized carbons (Fsp3) is 0.500. The van der Waals surface area contributed by atoms with Crippen LogP contribution in [0.4, 0.5) is 10.5 Å². The van der Waals surface area contributed by atoms with Crippen LogP contribution in [0.3, 0.4) is 0 Å². The summed E-state index contributed by atoms with van der Waals surface area (Å²) in [7, 11) is 0. The Labute approximate surface area is 304 Å². The number of hydrogen-bond acceptors (Lipinski definition) is 14. The molecule has 1 heterocycles. The van der Waals surface area contributed by atoms with Crippen molar-refractivity contribution in [2.45, 2.75) is 90.0 Å². The van der Waals surface area contributed by atoms with E-state index in [2.05, 4.69) is 0 Å². The third kappa shape index (κ3) is 5.81. The quantitative estimate of drug-likeness (QED) is 0.106. The number of carbonyl (C=O) groups excluding carboxylic acids is 5. The number of fused-ring (bicyclic) bond motifs is 5. The first-order chi connectivity index (χ1) is 24.8. The first-order valence-electron chi connectivity index (χ1n) is 17.2. The van der Waals surface area contributed by atoms with E-state index in [1.165, 1.54) is 19.1 Å². The zero-order valence-corrected chi connectivity index (χ0v) is 30.0. The molecule has 2 bridgehead atoms. The second kappa shape index (κ2) is 13.1. The molecule has 3 fully saturated rings. The van der Waals surface area contributed by atoms with E-state index in [0.717, 1.165) is 31.2 Å². The largest absolute Gasteiger partial charge is 0.516 e. The molecule has 0 aromatic heterocycles. The number of hydrogen-bond donors (Lipinski definition) is 2. The van der Waals surface area contributed by atoms with Crippen molar-refractivity contribution in [1.82, 2.24) is 0 Å². The predicted molar refractivity (Wildman–Crippen MR) is 181 cm³/mol. The first kappa shape index (κ1) is 37.8. The van der Waals surface area contributed by atoms with E-state index in [1.54, 1.807) is 45.9 Å². The van der Waals surface area contributed by atoms with Crippen molar-refractivity contribution in [3.8, 4) is 0 Å². The smallest absolute Gasteiger partial charge is 0.455 e. The molecule has 15 heteroatoms. The second-order valence-corrected chi connectivity index (χ2v) is 15.0. The van der Waals surface area contributed by atoms with Gasteiger partial charge in [-0.2, -0.15) is 0 Å². The van der Waals surface area contributed by atoms with Gasteiger partial charge in [-0.25, -0.2) is 14.4 Å². The number of benzene rings is 2. The maximum absolute atomic E-state index is 15.3. The highest BCUT2D eigenvalue weighted by Gasteiger charge is 2.78. The number of rotatable bonds is 6. The molecule has 4 aliphatic rings. The lowest BCUT2D eigenvalue weighted by Crippen LogP contribution is -2.81. The van der Waals surface area contributed by atoms with Crippen LogP contribution in [0, 0.1) is 32.8 Å². The highest BCUT2D eigenvalue weighted by Crippen LogP contribution is 2.65. The zero-order chi connectivity index (χ0) is 38.8. The molecule has 1 unspecified atom stereocenters. The highest BCUT2D eigenvalue weighted by atomic mass is 16.7. The Morgan fingerprint density at radius 3 is 2.15 bits per heavy atom. The number of aliphatic hydroxyl groups is 2. The van der Waals surface area contributed by atoms with Crippen molar-refractivity contribution in [3.05, 3.63) is 87.0 Å². The Hall–Kier alpha value is -4.99. The van der Waals surface area contributed by atoms with Gasteiger partial charge in [0.25, 0.3) is 5.69 Å². The number of esters is 3. The van der Waals surface area contributed by atoms with Crippen LogP contribution >= 0.6 is 0 Å². The maximum atomic E-state index is 15.3. The molecule has 1 aliphatic heterocycles. The van der Waals surface area contributed by atoms with Gasteiger partial charge in [-0.05, 0) is 49.3 Å². The van der Waals surface area contributed by atoms with E-state index >= 15 is 4.79 Å². The summed E-state index contributed by atoms with van der Waals surface area (Å²) in [4.78, 5) is 78.8. The normalized spacial score (nSPS) is 34.2. The van der Waals surface area contributed by atoms with Gasteiger partial charge in [0.1, 0.15) is 29.7 Å². The molecule has 53 heavy (non-hydrogen) atoms. The van der Waals surface area contributed by atoms with Crippen LogP contribution in [-0.4, -0.2) is 87.2 Å². The number of Topliss-reactive ketones (excluding diaryl/α,β-unsaturated/α-hetero) is 1. The third-order valence-electron chi connectivity index (χ3n) is 11.9. The van der Waals surface area contributed by atoms with E-state index in [4.69, 9.17) is 23.7 Å². The summed E-state index contributed by atoms with van der Waals surface area (Å²) in [5, 5.41) is 35.6. The van der Waals surface area contributed by atoms with Crippen molar-refractivity contribution >= 4 is 35.5 Å². The molecule has 2 saturated carbocycles. The third-order valence-corrected chi connectivity index (χ3v) is 11.9. The Morgan fingerprint density at radius 1 is 0.962 bits per heavy atom. The van der Waals surface area contributed by atoms with Gasteiger partial charge in [-0.1, -0.05) is 39.0 Å². The lowest BCUT2D eigenvalue weighted by molar-refractivity contribution is -0.384. The minimum Gasteiger partial charge on any atom is -0.455 e. The molecule has 282 valence electrons. The number of carbonyl (C=O) groups is 5. The Bertz CT molecular complexity index is 1910. The minimum atomic E-state index is -2.12. The lowest BCUT2D eigenvalue weighted by Gasteiger charge is -2.67. The SMILES string of the molecule is CC(=O)O[C@@]12CO[C@@H]1C[C@H](OC(=O)OC(=O)c1ccc([N+](=O)[O-])cc1)[C@@]1(C)C(=O)[C@H](C)C3=C(C)[C@@H](O)C[C@@](O)([C@@H](OC(=O)c4ccccc4)C12)C3(C)C. The summed E-state index contributed by atoms with van der Waals surface area (Å²) in [5.74, 6) is -5.84. The van der Waals surface area contributed by atoms with Gasteiger partial charge >= 0.3 is 24.1 Å². The summed E-state index contributed by atoms with van der Waals surface area (Å²) in [6.45, 7) is 9.02. The van der Waals surface area contributed by atoms with Crippen molar-refractivity contribution in [1.29, 1.82) is 0 Å². The van der Waals surface area contributed by atoms with Gasteiger partial charge in [-0.15, -0.1) is 0 Å². The number of ether oxygens (including phenoxy) is 5. The summed E-state index contributed by atoms with van der Waals surface area (Å²) >= 11 is 0. The highest BCUT2D eigenvalue weighted by molar-refractivity contribution is 5.96. The van der Waals surface area contributed by atoms with Crippen molar-refractivity contribution in [2.75, 3.05) is 6.61 Å². The number of nitrogens with zero attached hydrogens (tertiary/aromatic N) is 1. The molecule has 0 amide bonds. The molecular weight excluding hydrogens is 694 g/mol. The van der Waals surface area contributed by atoms with Crippen LogP contribution in [0.5, 0.6) is 0 Å². The van der Waals surface area contributed by atoms with Gasteiger partial charge in [-0.3, -0.25) is 19.7 Å². The van der Waals surface area contributed by atoms with E-state index in [0.29, 0.717) is 11.1 Å². The van der Waals surface area contributed by atoms with Gasteiger partial charge in [0.15, 0.2) is 5.60 Å². The lowest BCUT2D eigenvalue weighted by atomic mass is 9.43. The van der Waals surface area contributed by atoms with E-state index in [1.807, 2.05) is 0 Å². The van der Waals surface area contributed by atoms with Crippen LogP contribution < -0.4 is 0 Å². The van der Waals surface area contributed by atoms with Crippen LogP contribution in [0.1, 0.15) is 75.1 Å². The van der Waals surface area contributed by atoms with Crippen molar-refractivity contribution < 1.29 is 62.8 Å². The molecule has 1 saturated heterocycles. The zero-order valence-electron chi connectivity index (χ0n) is 30.0. The number of nitro groups is 1. The van der Waals surface area contributed by atoms with Gasteiger partial charge in [0.05, 0.1) is 40.1 Å². The van der Waals surface area contributed by atoms with E-state index in [9.17, 15) is 39.5 Å². The van der Waals surface area contributed by atoms with E-state index in [-0.39, 0.29) is 36.3 Å². The molecule has 2 N–H and O–H groups in total. The molecule has 9 atom stereocenters. The number of ketones is 1. The van der Waals surface area contributed by atoms with Gasteiger partial charge in [0.2, 0.25) is 0 Å². The summed E-state index contributed by atoms with van der Waals surface area (Å²) in [6, 6.07) is 12.2. The van der Waals surface area contributed by atoms with Crippen LogP contribution in [0.25, 0.3) is 0 Å². The minimum absolute atomic E-state index is 0.112. The summed E-state index contributed by atoms with van der Waals surface area (Å²) in [5.41, 5.74) is -6.61. The fourth-order valence-electron chi connectivity index (χ4n) is 9.30. The molecule has 3 aliphatic carbocycles. The maximum Gasteiger partial charge on any atom is 0.516 e. The van der Waals surface area contributed by atoms with Crippen LogP contribution in [0.2, 0.25) is 0 Å². The first-order valence-corrected chi connectivity index (χ1v) is 17.2. The summed E-state index contributed by atoms with van der Waals surface area (Å²) in [6.07, 6.45) is -7.55. The second-order valence-electron chi connectivity index (χ2n) is 15.0. The van der Waals surface area contributed by atoms with Gasteiger partial charge in [0, 0.05) is 43.2 Å². The molecule has 2 aromatic rings. The molecule has 0 radical (unpaired) electrons. The molecule has 6 rings (SSSR count). The average molecular weight is 736 g/mol. The summed E-state index contributed by atoms with van der Waals surface area (Å²) < 4.78 is 29.0. The number of nitro benzene ring substituents is 1. The Morgan fingerprint density at radius 2 is 1.58 bits per heavy atom. The molecular formula is C38H41NO14. The number of aliphatic hydroxyl groups excluding tert-OH is 1. The predicted octanol–water partition coefficient (Wildman–Crippen LogP) is 4.27. The van der Waals surface area contributed by atoms with E-state index < -0.39 is 93.1 Å². The van der Waals surface area contributed by atoms with Crippen LogP contribution in [-0.2, 0) is 33.3 Å². The molecule has 0 spiro atoms. The number of non-ortho nitro benzene ring substituents is 1. The van der Waals surface area contributed by atoms with Crippen LogP contribution in [0.15, 0.2) is 65.7 Å². The average Bonchev–Trinajstić information content (AvgIpc) is 3.09. The standard InChI is InChI=1S/C38H41NO14/c1-19-25(41)17-38(46)31(51-32(43)22-10-8-7-9-11-22)29-36(6,30(42)20(2)28(19)35(38,4)5)26(16-27-37(29,18-49-27)53-21(3)40)50-34(45)52-33(44)23-12-14-24(15-13-23)39(47)48/h7-15,20,25-27,29,31,41,46H,16-18H2,1-6H3/t20-,25+,26+,27-,29?,31+,36-,37+,38-/m1/s1. The van der Waals surface area contributed by atoms with Gasteiger partial charge < -0.3 is 33.9 Å². The topological polar surface area (TPSA) is 215 Å². The molecule has 15 nitrogen and oxygen atoms in total.